The van der Waals surface area contributed by atoms with Crippen LogP contribution in [0.3, 0.4) is 0 Å². The van der Waals surface area contributed by atoms with Crippen LogP contribution in [0, 0.1) is 0 Å². The first kappa shape index (κ1) is 20.8. The van der Waals surface area contributed by atoms with Gasteiger partial charge >= 0.3 is 0 Å². The van der Waals surface area contributed by atoms with Gasteiger partial charge in [-0.2, -0.15) is 0 Å². The van der Waals surface area contributed by atoms with Gasteiger partial charge < -0.3 is 20.8 Å². The highest BCUT2D eigenvalue weighted by molar-refractivity contribution is 5.93. The summed E-state index contributed by atoms with van der Waals surface area (Å²) in [6, 6.07) is 12.4. The molecule has 2 unspecified atom stereocenters. The molecule has 6 nitrogen and oxygen atoms in total. The van der Waals surface area contributed by atoms with Gasteiger partial charge in [-0.3, -0.25) is 9.59 Å². The molecule has 146 valence electrons. The number of aromatic hydroxyl groups is 2. The maximum atomic E-state index is 12.0. The fourth-order valence-corrected chi connectivity index (χ4v) is 2.31. The van der Waals surface area contributed by atoms with Crippen molar-refractivity contribution in [3.8, 4) is 11.5 Å². The molecule has 0 saturated carbocycles. The van der Waals surface area contributed by atoms with Crippen molar-refractivity contribution in [1.82, 2.24) is 10.6 Å². The second-order valence-electron chi connectivity index (χ2n) is 6.44. The van der Waals surface area contributed by atoms with Gasteiger partial charge in [0.15, 0.2) is 0 Å². The summed E-state index contributed by atoms with van der Waals surface area (Å²) in [5.41, 5.74) is 1.59. The van der Waals surface area contributed by atoms with Gasteiger partial charge in [-0.15, -0.1) is 0 Å². The zero-order chi connectivity index (χ0) is 20.5. The molecule has 0 fully saturated rings. The summed E-state index contributed by atoms with van der Waals surface area (Å²) in [6.07, 6.45) is 6.10. The van der Waals surface area contributed by atoms with E-state index >= 15 is 0 Å². The monoisotopic (exact) mass is 380 g/mol. The van der Waals surface area contributed by atoms with Gasteiger partial charge in [0, 0.05) is 24.2 Å². The number of carbonyl (C=O) groups excluding carboxylic acids is 2. The first-order valence-electron chi connectivity index (χ1n) is 8.88. The standard InChI is InChI=1S/C22H24N2O4/c1-15(23-21(27)13-7-17-3-9-19(25)10-4-17)16(2)24-22(28)14-8-18-5-11-20(26)12-6-18/h3-16,25-26H,1-2H3,(H,23,27)(H,24,28)/b13-7+,14-8+. The van der Waals surface area contributed by atoms with Gasteiger partial charge in [0.2, 0.25) is 11.8 Å². The van der Waals surface area contributed by atoms with Crippen molar-refractivity contribution in [2.45, 2.75) is 25.9 Å². The fourth-order valence-electron chi connectivity index (χ4n) is 2.31. The SMILES string of the molecule is CC(NC(=O)/C=C/c1ccc(O)cc1)C(C)NC(=O)/C=C/c1ccc(O)cc1. The predicted octanol–water partition coefficient (Wildman–Crippen LogP) is 2.83. The van der Waals surface area contributed by atoms with E-state index in [0.717, 1.165) is 11.1 Å². The molecule has 2 aromatic rings. The van der Waals surface area contributed by atoms with Gasteiger partial charge in [-0.1, -0.05) is 24.3 Å². The van der Waals surface area contributed by atoms with Gasteiger partial charge in [0.05, 0.1) is 0 Å². The second-order valence-corrected chi connectivity index (χ2v) is 6.44. The number of rotatable bonds is 7. The molecular weight excluding hydrogens is 356 g/mol. The van der Waals surface area contributed by atoms with Gasteiger partial charge in [0.1, 0.15) is 11.5 Å². The number of nitrogens with one attached hydrogen (secondary N) is 2. The Hall–Kier alpha value is -3.54. The number of phenolic OH excluding ortho intramolecular Hbond substituents is 2. The van der Waals surface area contributed by atoms with Crippen molar-refractivity contribution in [3.63, 3.8) is 0 Å². The number of hydrogen-bond acceptors (Lipinski definition) is 4. The number of amides is 2. The van der Waals surface area contributed by atoms with Crippen molar-refractivity contribution in [1.29, 1.82) is 0 Å². The Kier molecular flexibility index (Phi) is 7.39. The van der Waals surface area contributed by atoms with E-state index in [4.69, 9.17) is 0 Å². The highest BCUT2D eigenvalue weighted by atomic mass is 16.3. The molecule has 0 aromatic heterocycles. The van der Waals surface area contributed by atoms with Crippen molar-refractivity contribution in [3.05, 3.63) is 71.8 Å². The minimum Gasteiger partial charge on any atom is -0.508 e. The van der Waals surface area contributed by atoms with E-state index in [1.807, 2.05) is 0 Å². The fraction of sp³-hybridized carbons (Fsp3) is 0.182. The minimum atomic E-state index is -0.277. The summed E-state index contributed by atoms with van der Waals surface area (Å²) in [7, 11) is 0. The van der Waals surface area contributed by atoms with Gasteiger partial charge in [-0.05, 0) is 61.4 Å². The molecule has 2 rings (SSSR count). The third kappa shape index (κ3) is 6.99. The predicted molar refractivity (Wildman–Crippen MR) is 109 cm³/mol. The molecule has 0 bridgehead atoms. The Morgan fingerprint density at radius 3 is 1.36 bits per heavy atom. The number of phenols is 2. The third-order valence-electron chi connectivity index (χ3n) is 4.13. The first-order chi connectivity index (χ1) is 13.3. The lowest BCUT2D eigenvalue weighted by Gasteiger charge is -2.21. The van der Waals surface area contributed by atoms with Crippen LogP contribution >= 0.6 is 0 Å². The van der Waals surface area contributed by atoms with Crippen molar-refractivity contribution >= 4 is 24.0 Å². The Morgan fingerprint density at radius 1 is 0.714 bits per heavy atom. The average Bonchev–Trinajstić information content (AvgIpc) is 2.67. The largest absolute Gasteiger partial charge is 0.508 e. The molecule has 2 atom stereocenters. The minimum absolute atomic E-state index is 0.166. The zero-order valence-electron chi connectivity index (χ0n) is 15.8. The summed E-state index contributed by atoms with van der Waals surface area (Å²) < 4.78 is 0. The quantitative estimate of drug-likeness (QED) is 0.555. The molecular formula is C22H24N2O4. The van der Waals surface area contributed by atoms with Crippen LogP contribution in [-0.2, 0) is 9.59 Å². The van der Waals surface area contributed by atoms with Crippen LogP contribution in [0.5, 0.6) is 11.5 Å². The van der Waals surface area contributed by atoms with E-state index in [2.05, 4.69) is 10.6 Å². The maximum absolute atomic E-state index is 12.0. The van der Waals surface area contributed by atoms with Crippen LogP contribution in [0.2, 0.25) is 0 Å². The Morgan fingerprint density at radius 2 is 1.04 bits per heavy atom. The van der Waals surface area contributed by atoms with Gasteiger partial charge in [-0.25, -0.2) is 0 Å². The first-order valence-corrected chi connectivity index (χ1v) is 8.88. The van der Waals surface area contributed by atoms with Crippen LogP contribution in [0.15, 0.2) is 60.7 Å². The Labute approximate surface area is 164 Å². The molecule has 0 radical (unpaired) electrons. The lowest BCUT2D eigenvalue weighted by Crippen LogP contribution is -2.47. The van der Waals surface area contributed by atoms with E-state index in [9.17, 15) is 19.8 Å². The Bertz CT molecular complexity index is 782. The van der Waals surface area contributed by atoms with Crippen molar-refractivity contribution < 1.29 is 19.8 Å². The summed E-state index contributed by atoms with van der Waals surface area (Å²) in [6.45, 7) is 3.61. The topological polar surface area (TPSA) is 98.7 Å². The summed E-state index contributed by atoms with van der Waals surface area (Å²) in [4.78, 5) is 24.1. The number of carbonyl (C=O) groups is 2. The second kappa shape index (κ2) is 9.97. The molecule has 2 amide bonds. The van der Waals surface area contributed by atoms with Crippen molar-refractivity contribution in [2.75, 3.05) is 0 Å². The van der Waals surface area contributed by atoms with Crippen LogP contribution < -0.4 is 10.6 Å². The van der Waals surface area contributed by atoms with Crippen LogP contribution in [0.25, 0.3) is 12.2 Å². The van der Waals surface area contributed by atoms with Gasteiger partial charge in [0.25, 0.3) is 0 Å². The third-order valence-corrected chi connectivity index (χ3v) is 4.13. The summed E-state index contributed by atoms with van der Waals surface area (Å²) in [5, 5.41) is 24.1. The van der Waals surface area contributed by atoms with E-state index in [1.165, 1.54) is 12.2 Å². The smallest absolute Gasteiger partial charge is 0.244 e. The summed E-state index contributed by atoms with van der Waals surface area (Å²) in [5.74, 6) is -0.221. The molecule has 0 heterocycles. The van der Waals surface area contributed by atoms with E-state index in [1.54, 1.807) is 74.5 Å². The molecule has 6 heteroatoms. The molecule has 0 spiro atoms. The van der Waals surface area contributed by atoms with Crippen LogP contribution in [0.4, 0.5) is 0 Å². The molecule has 0 aliphatic carbocycles. The summed E-state index contributed by atoms with van der Waals surface area (Å²) >= 11 is 0. The molecule has 2 aromatic carbocycles. The zero-order valence-corrected chi connectivity index (χ0v) is 15.8. The highest BCUT2D eigenvalue weighted by Crippen LogP contribution is 2.11. The maximum Gasteiger partial charge on any atom is 0.244 e. The van der Waals surface area contributed by atoms with Crippen molar-refractivity contribution in [2.24, 2.45) is 0 Å². The lowest BCUT2D eigenvalue weighted by atomic mass is 10.1. The number of benzene rings is 2. The number of hydrogen-bond donors (Lipinski definition) is 4. The van der Waals surface area contributed by atoms with E-state index < -0.39 is 0 Å². The molecule has 28 heavy (non-hydrogen) atoms. The highest BCUT2D eigenvalue weighted by Gasteiger charge is 2.14. The van der Waals surface area contributed by atoms with E-state index in [-0.39, 0.29) is 35.4 Å². The molecule has 0 aliphatic rings. The molecule has 0 aliphatic heterocycles. The lowest BCUT2D eigenvalue weighted by molar-refractivity contribution is -0.119. The molecule has 0 saturated heterocycles. The Balaban J connectivity index is 1.81. The normalized spacial score (nSPS) is 13.4. The molecule has 4 N–H and O–H groups in total. The van der Waals surface area contributed by atoms with Crippen LogP contribution in [-0.4, -0.2) is 34.1 Å². The van der Waals surface area contributed by atoms with Crippen LogP contribution in [0.1, 0.15) is 25.0 Å². The van der Waals surface area contributed by atoms with E-state index in [0.29, 0.717) is 0 Å². The average molecular weight is 380 g/mol.